The average Bonchev–Trinajstić information content (AvgIpc) is 2.42. The van der Waals surface area contributed by atoms with Gasteiger partial charge in [-0.2, -0.15) is 0 Å². The molecule has 1 aliphatic heterocycles. The van der Waals surface area contributed by atoms with Crippen molar-refractivity contribution in [1.82, 2.24) is 4.90 Å². The smallest absolute Gasteiger partial charge is 0.237 e. The van der Waals surface area contributed by atoms with Gasteiger partial charge < -0.3 is 4.90 Å². The van der Waals surface area contributed by atoms with Crippen LogP contribution >= 0.6 is 22.0 Å². The first-order valence-corrected chi connectivity index (χ1v) is 7.95. The molecule has 0 radical (unpaired) electrons. The minimum absolute atomic E-state index is 0.0457. The Kier molecular flexibility index (Phi) is 3.07. The van der Waals surface area contributed by atoms with Crippen molar-refractivity contribution in [2.24, 2.45) is 0 Å². The standard InChI is InChI=1S/C9H12ClNO2S2/c1-11-3-2-9-7(5-11)4-8(14-9)6-15(10,12)13/h4H,2-3,5-6H2,1H3. The van der Waals surface area contributed by atoms with Gasteiger partial charge in [-0.3, -0.25) is 0 Å². The molecule has 0 spiro atoms. The third-order valence-corrected chi connectivity index (χ3v) is 4.83. The number of halogens is 1. The normalized spacial score (nSPS) is 17.7. The third kappa shape index (κ3) is 2.93. The highest BCUT2D eigenvalue weighted by Gasteiger charge is 2.18. The Balaban J connectivity index is 2.23. The number of nitrogens with zero attached hydrogens (tertiary/aromatic N) is 1. The summed E-state index contributed by atoms with van der Waals surface area (Å²) in [5.74, 6) is -0.0457. The van der Waals surface area contributed by atoms with Crippen molar-refractivity contribution < 1.29 is 8.42 Å². The molecule has 6 heteroatoms. The highest BCUT2D eigenvalue weighted by atomic mass is 35.7. The first-order chi connectivity index (χ1) is 6.94. The summed E-state index contributed by atoms with van der Waals surface area (Å²) in [6, 6.07) is 1.97. The van der Waals surface area contributed by atoms with Crippen LogP contribution in [0.1, 0.15) is 15.3 Å². The second-order valence-electron chi connectivity index (χ2n) is 3.83. The number of likely N-dealkylation sites (N-methyl/N-ethyl adjacent to an activating group) is 1. The molecule has 84 valence electrons. The van der Waals surface area contributed by atoms with Crippen molar-refractivity contribution in [3.05, 3.63) is 21.4 Å². The predicted molar refractivity (Wildman–Crippen MR) is 62.8 cm³/mol. The minimum Gasteiger partial charge on any atom is -0.302 e. The van der Waals surface area contributed by atoms with Gasteiger partial charge in [0.1, 0.15) is 0 Å². The van der Waals surface area contributed by atoms with Crippen LogP contribution in [0.25, 0.3) is 0 Å². The third-order valence-electron chi connectivity index (χ3n) is 2.42. The summed E-state index contributed by atoms with van der Waals surface area (Å²) in [5.41, 5.74) is 1.25. The summed E-state index contributed by atoms with van der Waals surface area (Å²) in [5, 5.41) is 0. The summed E-state index contributed by atoms with van der Waals surface area (Å²) >= 11 is 1.57. The molecule has 15 heavy (non-hydrogen) atoms. The fourth-order valence-corrected chi connectivity index (χ4v) is 4.41. The zero-order valence-corrected chi connectivity index (χ0v) is 10.8. The fraction of sp³-hybridized carbons (Fsp3) is 0.556. The van der Waals surface area contributed by atoms with Crippen LogP contribution in [0.15, 0.2) is 6.07 Å². The molecule has 0 aliphatic carbocycles. The highest BCUT2D eigenvalue weighted by Crippen LogP contribution is 2.29. The van der Waals surface area contributed by atoms with Gasteiger partial charge in [0.15, 0.2) is 0 Å². The number of fused-ring (bicyclic) bond motifs is 1. The fourth-order valence-electron chi connectivity index (χ4n) is 1.78. The van der Waals surface area contributed by atoms with Crippen LogP contribution in [0.4, 0.5) is 0 Å². The molecule has 0 unspecified atom stereocenters. The van der Waals surface area contributed by atoms with Crippen molar-refractivity contribution >= 4 is 31.1 Å². The number of hydrogen-bond acceptors (Lipinski definition) is 4. The molecule has 0 N–H and O–H groups in total. The molecular weight excluding hydrogens is 254 g/mol. The molecule has 1 aliphatic rings. The van der Waals surface area contributed by atoms with Gasteiger partial charge in [-0.15, -0.1) is 11.3 Å². The molecule has 1 aromatic heterocycles. The molecule has 1 aromatic rings. The van der Waals surface area contributed by atoms with Gasteiger partial charge in [0.2, 0.25) is 9.05 Å². The van der Waals surface area contributed by atoms with Gasteiger partial charge in [-0.05, 0) is 25.1 Å². The molecule has 0 saturated carbocycles. The maximum Gasteiger partial charge on any atom is 0.237 e. The predicted octanol–water partition coefficient (Wildman–Crippen LogP) is 1.80. The molecule has 0 fully saturated rings. The zero-order valence-electron chi connectivity index (χ0n) is 8.36. The summed E-state index contributed by atoms with van der Waals surface area (Å²) in [6.45, 7) is 1.95. The van der Waals surface area contributed by atoms with Crippen LogP contribution in [0, 0.1) is 0 Å². The van der Waals surface area contributed by atoms with Crippen LogP contribution < -0.4 is 0 Å². The van der Waals surface area contributed by atoms with E-state index in [0.717, 1.165) is 24.4 Å². The van der Waals surface area contributed by atoms with Crippen molar-refractivity contribution in [3.8, 4) is 0 Å². The lowest BCUT2D eigenvalue weighted by atomic mass is 10.1. The van der Waals surface area contributed by atoms with E-state index in [4.69, 9.17) is 10.7 Å². The Morgan fingerprint density at radius 1 is 1.60 bits per heavy atom. The Bertz CT molecular complexity index is 466. The quantitative estimate of drug-likeness (QED) is 0.766. The van der Waals surface area contributed by atoms with E-state index in [1.807, 2.05) is 6.07 Å². The molecular formula is C9H12ClNO2S2. The van der Waals surface area contributed by atoms with Gasteiger partial charge >= 0.3 is 0 Å². The van der Waals surface area contributed by atoms with Crippen LogP contribution in [0.5, 0.6) is 0 Å². The summed E-state index contributed by atoms with van der Waals surface area (Å²) in [7, 11) is 3.88. The van der Waals surface area contributed by atoms with E-state index in [0.29, 0.717) is 0 Å². The monoisotopic (exact) mass is 265 g/mol. The first-order valence-electron chi connectivity index (χ1n) is 4.65. The van der Waals surface area contributed by atoms with E-state index < -0.39 is 9.05 Å². The summed E-state index contributed by atoms with van der Waals surface area (Å²) < 4.78 is 21.9. The van der Waals surface area contributed by atoms with E-state index in [1.54, 1.807) is 11.3 Å². The molecule has 0 atom stereocenters. The van der Waals surface area contributed by atoms with E-state index in [9.17, 15) is 8.42 Å². The highest BCUT2D eigenvalue weighted by molar-refractivity contribution is 8.13. The van der Waals surface area contributed by atoms with Crippen molar-refractivity contribution in [2.45, 2.75) is 18.7 Å². The van der Waals surface area contributed by atoms with E-state index in [2.05, 4.69) is 11.9 Å². The Morgan fingerprint density at radius 3 is 3.00 bits per heavy atom. The number of rotatable bonds is 2. The molecule has 0 amide bonds. The molecule has 0 saturated heterocycles. The Hall–Kier alpha value is -0.100. The number of thiophene rings is 1. The van der Waals surface area contributed by atoms with Crippen molar-refractivity contribution in [3.63, 3.8) is 0 Å². The Morgan fingerprint density at radius 2 is 2.33 bits per heavy atom. The summed E-state index contributed by atoms with van der Waals surface area (Å²) in [6.07, 6.45) is 1.01. The van der Waals surface area contributed by atoms with Crippen LogP contribution in [0.3, 0.4) is 0 Å². The molecule has 0 aromatic carbocycles. The van der Waals surface area contributed by atoms with Gasteiger partial charge in [-0.25, -0.2) is 8.42 Å². The van der Waals surface area contributed by atoms with Crippen LogP contribution in [0.2, 0.25) is 0 Å². The van der Waals surface area contributed by atoms with Gasteiger partial charge in [-0.1, -0.05) is 0 Å². The van der Waals surface area contributed by atoms with E-state index in [-0.39, 0.29) is 5.75 Å². The summed E-state index contributed by atoms with van der Waals surface area (Å²) in [4.78, 5) is 4.39. The van der Waals surface area contributed by atoms with Gasteiger partial charge in [0, 0.05) is 33.5 Å². The largest absolute Gasteiger partial charge is 0.302 e. The van der Waals surface area contributed by atoms with E-state index in [1.165, 1.54) is 10.4 Å². The van der Waals surface area contributed by atoms with Crippen molar-refractivity contribution in [2.75, 3.05) is 13.6 Å². The molecule has 3 nitrogen and oxygen atoms in total. The van der Waals surface area contributed by atoms with E-state index >= 15 is 0 Å². The second-order valence-corrected chi connectivity index (χ2v) is 7.83. The van der Waals surface area contributed by atoms with Crippen LogP contribution in [-0.2, 0) is 27.8 Å². The lowest BCUT2D eigenvalue weighted by Crippen LogP contribution is -2.25. The Labute approximate surface area is 98.1 Å². The minimum atomic E-state index is -3.42. The molecule has 2 rings (SSSR count). The van der Waals surface area contributed by atoms with Crippen molar-refractivity contribution in [1.29, 1.82) is 0 Å². The van der Waals surface area contributed by atoms with Gasteiger partial charge in [0.25, 0.3) is 0 Å². The SMILES string of the molecule is CN1CCc2sc(CS(=O)(=O)Cl)cc2C1. The second kappa shape index (κ2) is 4.05. The topological polar surface area (TPSA) is 37.4 Å². The maximum absolute atomic E-state index is 10.9. The van der Waals surface area contributed by atoms with Crippen LogP contribution in [-0.4, -0.2) is 26.9 Å². The lowest BCUT2D eigenvalue weighted by molar-refractivity contribution is 0.315. The number of hydrogen-bond donors (Lipinski definition) is 0. The lowest BCUT2D eigenvalue weighted by Gasteiger charge is -2.21. The first kappa shape index (κ1) is 11.4. The molecule has 0 bridgehead atoms. The average molecular weight is 266 g/mol. The zero-order chi connectivity index (χ0) is 11.1. The maximum atomic E-state index is 10.9. The van der Waals surface area contributed by atoms with Gasteiger partial charge in [0.05, 0.1) is 5.75 Å². The molecule has 2 heterocycles.